The maximum absolute atomic E-state index is 13.3. The fourth-order valence-corrected chi connectivity index (χ4v) is 4.90. The van der Waals surface area contributed by atoms with E-state index in [1.807, 2.05) is 30.3 Å². The Kier molecular flexibility index (Phi) is 8.81. The number of carboxylic acids is 1. The van der Waals surface area contributed by atoms with E-state index in [4.69, 9.17) is 14.6 Å². The third-order valence-corrected chi connectivity index (χ3v) is 6.23. The van der Waals surface area contributed by atoms with Gasteiger partial charge >= 0.3 is 18.0 Å². The Morgan fingerprint density at radius 3 is 2.47 bits per heavy atom. The summed E-state index contributed by atoms with van der Waals surface area (Å²) in [4.78, 5) is 50.7. The summed E-state index contributed by atoms with van der Waals surface area (Å²) in [6, 6.07) is 14.1. The molecule has 3 rings (SSSR count). The molecule has 2 unspecified atom stereocenters. The van der Waals surface area contributed by atoms with Crippen LogP contribution in [0.15, 0.2) is 54.6 Å². The molecule has 0 aliphatic carbocycles. The second-order valence-corrected chi connectivity index (χ2v) is 10.1. The Labute approximate surface area is 213 Å². The molecular weight excluding hydrogens is 486 g/mol. The van der Waals surface area contributed by atoms with Gasteiger partial charge in [-0.15, -0.1) is 11.8 Å². The molecule has 1 aliphatic rings. The van der Waals surface area contributed by atoms with Crippen molar-refractivity contribution in [3.8, 4) is 5.75 Å². The number of benzene rings is 2. The second-order valence-electron chi connectivity index (χ2n) is 8.96. The summed E-state index contributed by atoms with van der Waals surface area (Å²) in [6.07, 6.45) is 0. The van der Waals surface area contributed by atoms with Crippen molar-refractivity contribution in [3.63, 3.8) is 0 Å². The fraction of sp³-hybridized carbons (Fsp3) is 0.360. The van der Waals surface area contributed by atoms with Crippen LogP contribution in [0.2, 0.25) is 0 Å². The van der Waals surface area contributed by atoms with E-state index in [-0.39, 0.29) is 12.3 Å². The first kappa shape index (κ1) is 26.9. The summed E-state index contributed by atoms with van der Waals surface area (Å²) in [5.41, 5.74) is 0.514. The first-order valence-corrected chi connectivity index (χ1v) is 12.3. The molecule has 1 saturated heterocycles. The van der Waals surface area contributed by atoms with Gasteiger partial charge in [-0.25, -0.2) is 14.4 Å². The molecule has 2 aromatic carbocycles. The molecule has 0 aromatic heterocycles. The Balaban J connectivity index is 1.67. The number of aliphatic carboxylic acids is 1. The molecule has 0 saturated carbocycles. The molecule has 0 bridgehead atoms. The number of rotatable bonds is 8. The van der Waals surface area contributed by atoms with Gasteiger partial charge in [0.1, 0.15) is 22.8 Å². The average molecular weight is 516 g/mol. The van der Waals surface area contributed by atoms with Crippen molar-refractivity contribution in [2.75, 3.05) is 24.2 Å². The number of carbonyl (C=O) groups excluding carboxylic acids is 3. The molecule has 1 heterocycles. The van der Waals surface area contributed by atoms with E-state index in [2.05, 4.69) is 10.6 Å². The zero-order valence-corrected chi connectivity index (χ0v) is 21.0. The Morgan fingerprint density at radius 1 is 1.08 bits per heavy atom. The minimum atomic E-state index is -1.12. The van der Waals surface area contributed by atoms with E-state index in [1.165, 1.54) is 22.7 Å². The minimum Gasteiger partial charge on any atom is -0.482 e. The molecule has 192 valence electrons. The van der Waals surface area contributed by atoms with Crippen molar-refractivity contribution in [1.82, 2.24) is 10.2 Å². The lowest BCUT2D eigenvalue weighted by Gasteiger charge is -2.30. The lowest BCUT2D eigenvalue weighted by Crippen LogP contribution is -2.49. The highest BCUT2D eigenvalue weighted by molar-refractivity contribution is 7.99. The van der Waals surface area contributed by atoms with Gasteiger partial charge in [0, 0.05) is 17.5 Å². The lowest BCUT2D eigenvalue weighted by molar-refractivity contribution is -0.163. The minimum absolute atomic E-state index is 0.270. The van der Waals surface area contributed by atoms with Crippen molar-refractivity contribution in [2.24, 2.45) is 0 Å². The van der Waals surface area contributed by atoms with Crippen LogP contribution in [-0.4, -0.2) is 64.4 Å². The number of amides is 3. The highest BCUT2D eigenvalue weighted by atomic mass is 32.2. The van der Waals surface area contributed by atoms with E-state index < -0.39 is 47.5 Å². The normalized spacial score (nSPS) is 17.2. The molecule has 10 nitrogen and oxygen atoms in total. The predicted octanol–water partition coefficient (Wildman–Crippen LogP) is 3.26. The first-order chi connectivity index (χ1) is 17.0. The highest BCUT2D eigenvalue weighted by Crippen LogP contribution is 2.41. The molecule has 0 spiro atoms. The summed E-state index contributed by atoms with van der Waals surface area (Å²) in [6.45, 7) is 4.44. The first-order valence-electron chi connectivity index (χ1n) is 11.2. The number of thioether (sulfide) groups is 1. The van der Waals surface area contributed by atoms with Crippen molar-refractivity contribution in [1.29, 1.82) is 0 Å². The Bertz CT molecular complexity index is 1100. The molecule has 1 aliphatic heterocycles. The SMILES string of the molecule is CC(C)(C)OC(=O)C1CSC(c2ccccc2)N1C(=O)CNC(=O)Nc1cccc(OCC(=O)O)c1. The van der Waals surface area contributed by atoms with Crippen molar-refractivity contribution in [3.05, 3.63) is 60.2 Å². The molecule has 1 fully saturated rings. The summed E-state index contributed by atoms with van der Waals surface area (Å²) in [5, 5.41) is 13.4. The maximum atomic E-state index is 13.3. The predicted molar refractivity (Wildman–Crippen MR) is 135 cm³/mol. The van der Waals surface area contributed by atoms with Crippen molar-refractivity contribution < 1.29 is 33.8 Å². The molecular formula is C25H29N3O7S. The van der Waals surface area contributed by atoms with Crippen molar-refractivity contribution >= 4 is 41.3 Å². The number of hydrogen-bond acceptors (Lipinski definition) is 7. The van der Waals surface area contributed by atoms with Crippen LogP contribution in [0.3, 0.4) is 0 Å². The van der Waals surface area contributed by atoms with Crippen LogP contribution in [0.4, 0.5) is 10.5 Å². The number of anilines is 1. The zero-order chi connectivity index (χ0) is 26.3. The van der Waals surface area contributed by atoms with Gasteiger partial charge in [-0.3, -0.25) is 4.79 Å². The number of carboxylic acid groups (broad SMARTS) is 1. The van der Waals surface area contributed by atoms with Gasteiger partial charge in [0.2, 0.25) is 5.91 Å². The van der Waals surface area contributed by atoms with Gasteiger partial charge in [0.15, 0.2) is 6.61 Å². The van der Waals surface area contributed by atoms with Crippen LogP contribution in [-0.2, 0) is 19.1 Å². The van der Waals surface area contributed by atoms with Gasteiger partial charge < -0.3 is 30.1 Å². The molecule has 36 heavy (non-hydrogen) atoms. The molecule has 11 heteroatoms. The van der Waals surface area contributed by atoms with Gasteiger partial charge in [0.25, 0.3) is 0 Å². The summed E-state index contributed by atoms with van der Waals surface area (Å²) in [5.74, 6) is -1.41. The second kappa shape index (κ2) is 11.8. The molecule has 3 amide bonds. The number of ether oxygens (including phenoxy) is 2. The number of nitrogens with zero attached hydrogens (tertiary/aromatic N) is 1. The monoisotopic (exact) mass is 515 g/mol. The van der Waals surface area contributed by atoms with Gasteiger partial charge in [-0.05, 0) is 38.5 Å². The van der Waals surface area contributed by atoms with Gasteiger partial charge in [0.05, 0.1) is 6.54 Å². The quantitative estimate of drug-likeness (QED) is 0.456. The lowest BCUT2D eigenvalue weighted by atomic mass is 10.1. The van der Waals surface area contributed by atoms with E-state index in [9.17, 15) is 19.2 Å². The van der Waals surface area contributed by atoms with Crippen LogP contribution < -0.4 is 15.4 Å². The van der Waals surface area contributed by atoms with Gasteiger partial charge in [-0.1, -0.05) is 36.4 Å². The van der Waals surface area contributed by atoms with Crippen LogP contribution in [0.1, 0.15) is 31.7 Å². The van der Waals surface area contributed by atoms with Gasteiger partial charge in [-0.2, -0.15) is 0 Å². The smallest absolute Gasteiger partial charge is 0.341 e. The van der Waals surface area contributed by atoms with E-state index in [0.717, 1.165) is 5.56 Å². The Hall–Kier alpha value is -3.73. The molecule has 2 aromatic rings. The highest BCUT2D eigenvalue weighted by Gasteiger charge is 2.43. The maximum Gasteiger partial charge on any atom is 0.341 e. The average Bonchev–Trinajstić information content (AvgIpc) is 3.27. The largest absolute Gasteiger partial charge is 0.482 e. The third kappa shape index (κ3) is 7.64. The van der Waals surface area contributed by atoms with Crippen LogP contribution in [0.25, 0.3) is 0 Å². The van der Waals surface area contributed by atoms with E-state index in [1.54, 1.807) is 39.0 Å². The molecule has 2 atom stereocenters. The van der Waals surface area contributed by atoms with Crippen molar-refractivity contribution in [2.45, 2.75) is 37.8 Å². The zero-order valence-electron chi connectivity index (χ0n) is 20.2. The molecule has 0 radical (unpaired) electrons. The summed E-state index contributed by atoms with van der Waals surface area (Å²) in [7, 11) is 0. The molecule has 3 N–H and O–H groups in total. The number of hydrogen-bond donors (Lipinski definition) is 3. The number of carbonyl (C=O) groups is 4. The topological polar surface area (TPSA) is 134 Å². The number of esters is 1. The van der Waals surface area contributed by atoms with Crippen LogP contribution >= 0.6 is 11.8 Å². The van der Waals surface area contributed by atoms with E-state index >= 15 is 0 Å². The third-order valence-electron chi connectivity index (χ3n) is 4.91. The fourth-order valence-electron chi connectivity index (χ4n) is 3.47. The van der Waals surface area contributed by atoms with E-state index in [0.29, 0.717) is 11.4 Å². The van der Waals surface area contributed by atoms with Crippen LogP contribution in [0, 0.1) is 0 Å². The van der Waals surface area contributed by atoms with Crippen LogP contribution in [0.5, 0.6) is 5.75 Å². The Morgan fingerprint density at radius 2 is 1.81 bits per heavy atom. The summed E-state index contributed by atoms with van der Waals surface area (Å²) < 4.78 is 10.6. The number of urea groups is 1. The standard InChI is InChI=1S/C25H29N3O7S/c1-25(2,3)35-23(32)19-15-36-22(16-8-5-4-6-9-16)28(19)20(29)13-26-24(33)27-17-10-7-11-18(12-17)34-14-21(30)31/h4-12,19,22H,13-15H2,1-3H3,(H,30,31)(H2,26,27,33). The summed E-state index contributed by atoms with van der Waals surface area (Å²) >= 11 is 1.46. The number of nitrogens with one attached hydrogen (secondary N) is 2.